The molecule has 2 N–H and O–H groups in total. The molecule has 0 atom stereocenters. The van der Waals surface area contributed by atoms with Gasteiger partial charge in [0.25, 0.3) is 0 Å². The number of para-hydroxylation sites is 1. The molecule has 0 aliphatic carbocycles. The molecular formula is C25H33N9O. The van der Waals surface area contributed by atoms with Crippen LogP contribution in [0, 0.1) is 0 Å². The molecule has 4 aromatic rings. The van der Waals surface area contributed by atoms with Gasteiger partial charge in [-0.05, 0) is 23.6 Å². The number of nitrogen functional groups attached to an aromatic ring is 1. The van der Waals surface area contributed by atoms with Gasteiger partial charge in [-0.15, -0.1) is 0 Å². The first-order valence-corrected chi connectivity index (χ1v) is 12.2. The topological polar surface area (TPSA) is 103 Å². The van der Waals surface area contributed by atoms with E-state index < -0.39 is 0 Å². The van der Waals surface area contributed by atoms with Crippen LogP contribution in [0.2, 0.25) is 0 Å². The van der Waals surface area contributed by atoms with Crippen molar-refractivity contribution < 1.29 is 4.74 Å². The molecule has 0 saturated carbocycles. The second-order valence-electron chi connectivity index (χ2n) is 9.26. The summed E-state index contributed by atoms with van der Waals surface area (Å²) in [5.74, 6) is 1.19. The summed E-state index contributed by atoms with van der Waals surface area (Å²) in [6, 6.07) is 10.2. The number of aromatic nitrogens is 6. The first-order valence-electron chi connectivity index (χ1n) is 12.2. The molecule has 1 aromatic carbocycles. The summed E-state index contributed by atoms with van der Waals surface area (Å²) in [4.78, 5) is 14.0. The molecule has 4 heterocycles. The zero-order valence-corrected chi connectivity index (χ0v) is 20.6. The average molecular weight is 476 g/mol. The normalized spacial score (nSPS) is 14.7. The maximum absolute atomic E-state index is 6.40. The van der Waals surface area contributed by atoms with E-state index in [0.29, 0.717) is 18.3 Å². The Balaban J connectivity index is 1.46. The number of nitrogens with two attached hydrogens (primary N) is 1. The molecule has 1 aliphatic heterocycles. The lowest BCUT2D eigenvalue weighted by Crippen LogP contribution is -2.41. The SMILES string of the molecule is CC(C)c1c(Cc2ccccc2-n2cccn2)nn2c(N)nc(N(C)CCN3CCOCC3)nc12. The average Bonchev–Trinajstić information content (AvgIpc) is 3.52. The molecular weight excluding hydrogens is 442 g/mol. The maximum Gasteiger partial charge on any atom is 0.230 e. The molecule has 0 bridgehead atoms. The Hall–Kier alpha value is -3.50. The summed E-state index contributed by atoms with van der Waals surface area (Å²) in [7, 11) is 2.01. The first kappa shape index (κ1) is 23.3. The third-order valence-corrected chi connectivity index (χ3v) is 6.49. The summed E-state index contributed by atoms with van der Waals surface area (Å²) in [6.45, 7) is 9.57. The summed E-state index contributed by atoms with van der Waals surface area (Å²) in [5.41, 5.74) is 11.4. The van der Waals surface area contributed by atoms with Crippen LogP contribution in [0.15, 0.2) is 42.7 Å². The third kappa shape index (κ3) is 4.85. The second-order valence-corrected chi connectivity index (χ2v) is 9.26. The van der Waals surface area contributed by atoms with Crippen LogP contribution in [0.1, 0.15) is 36.6 Å². The van der Waals surface area contributed by atoms with Crippen molar-refractivity contribution in [2.45, 2.75) is 26.2 Å². The molecule has 1 aliphatic rings. The standard InChI is InChI=1S/C25H33N9O/c1-18(2)22-20(17-19-7-4-5-8-21(19)33-10-6-9-27-33)30-34-23(22)28-25(29-24(34)26)31(3)11-12-32-13-15-35-16-14-32/h4-10,18H,11-17H2,1-3H3,(H2,26,28,29). The van der Waals surface area contributed by atoms with Gasteiger partial charge >= 0.3 is 0 Å². The fourth-order valence-corrected chi connectivity index (χ4v) is 4.59. The van der Waals surface area contributed by atoms with Crippen molar-refractivity contribution in [3.8, 4) is 5.69 Å². The lowest BCUT2D eigenvalue weighted by atomic mass is 9.98. The van der Waals surface area contributed by atoms with Crippen LogP contribution < -0.4 is 10.6 Å². The molecule has 1 fully saturated rings. The second kappa shape index (κ2) is 10.0. The fraction of sp³-hybridized carbons (Fsp3) is 0.440. The smallest absolute Gasteiger partial charge is 0.230 e. The molecule has 0 amide bonds. The van der Waals surface area contributed by atoms with E-state index in [9.17, 15) is 0 Å². The summed E-state index contributed by atoms with van der Waals surface area (Å²) in [5, 5.41) is 9.29. The summed E-state index contributed by atoms with van der Waals surface area (Å²) < 4.78 is 9.02. The lowest BCUT2D eigenvalue weighted by Gasteiger charge is -2.28. The molecule has 184 valence electrons. The Labute approximate surface area is 205 Å². The van der Waals surface area contributed by atoms with Gasteiger partial charge in [0.2, 0.25) is 11.9 Å². The van der Waals surface area contributed by atoms with Crippen molar-refractivity contribution in [3.05, 3.63) is 59.5 Å². The highest BCUT2D eigenvalue weighted by atomic mass is 16.5. The number of ether oxygens (including phenoxy) is 1. The van der Waals surface area contributed by atoms with Crippen LogP contribution in [-0.2, 0) is 11.2 Å². The zero-order chi connectivity index (χ0) is 24.4. The fourth-order valence-electron chi connectivity index (χ4n) is 4.59. The Morgan fingerprint density at radius 2 is 1.91 bits per heavy atom. The summed E-state index contributed by atoms with van der Waals surface area (Å²) in [6.07, 6.45) is 4.39. The minimum absolute atomic E-state index is 0.222. The molecule has 5 rings (SSSR count). The van der Waals surface area contributed by atoms with Crippen LogP contribution >= 0.6 is 0 Å². The quantitative estimate of drug-likeness (QED) is 0.414. The molecule has 10 heteroatoms. The number of rotatable bonds is 8. The Bertz CT molecular complexity index is 1280. The first-order chi connectivity index (χ1) is 17.0. The van der Waals surface area contributed by atoms with E-state index in [4.69, 9.17) is 20.6 Å². The van der Waals surface area contributed by atoms with Gasteiger partial charge in [0.15, 0.2) is 5.65 Å². The van der Waals surface area contributed by atoms with Gasteiger partial charge in [-0.2, -0.15) is 24.7 Å². The number of hydrogen-bond acceptors (Lipinski definition) is 8. The van der Waals surface area contributed by atoms with Gasteiger partial charge < -0.3 is 15.4 Å². The monoisotopic (exact) mass is 475 g/mol. The Morgan fingerprint density at radius 3 is 2.66 bits per heavy atom. The molecule has 0 spiro atoms. The van der Waals surface area contributed by atoms with Crippen molar-refractivity contribution in [2.75, 3.05) is 57.1 Å². The van der Waals surface area contributed by atoms with Crippen LogP contribution in [-0.4, -0.2) is 80.7 Å². The van der Waals surface area contributed by atoms with E-state index in [1.807, 2.05) is 36.1 Å². The van der Waals surface area contributed by atoms with Gasteiger partial charge in [-0.3, -0.25) is 4.90 Å². The molecule has 0 radical (unpaired) electrons. The molecule has 1 saturated heterocycles. The van der Waals surface area contributed by atoms with Crippen molar-refractivity contribution in [1.29, 1.82) is 0 Å². The number of hydrogen-bond donors (Lipinski definition) is 1. The minimum Gasteiger partial charge on any atom is -0.379 e. The van der Waals surface area contributed by atoms with Gasteiger partial charge in [0, 0.05) is 57.6 Å². The molecule has 10 nitrogen and oxygen atoms in total. The highest BCUT2D eigenvalue weighted by Crippen LogP contribution is 2.29. The van der Waals surface area contributed by atoms with Crippen molar-refractivity contribution in [3.63, 3.8) is 0 Å². The van der Waals surface area contributed by atoms with Gasteiger partial charge in [-0.25, -0.2) is 4.68 Å². The highest BCUT2D eigenvalue weighted by Gasteiger charge is 2.22. The van der Waals surface area contributed by atoms with Crippen LogP contribution in [0.3, 0.4) is 0 Å². The van der Waals surface area contributed by atoms with E-state index in [0.717, 1.165) is 67.5 Å². The van der Waals surface area contributed by atoms with Gasteiger partial charge in [0.05, 0.1) is 24.6 Å². The highest BCUT2D eigenvalue weighted by molar-refractivity contribution is 5.59. The number of nitrogens with zero attached hydrogens (tertiary/aromatic N) is 8. The number of likely N-dealkylation sites (N-methyl/N-ethyl adjacent to an activating group) is 1. The minimum atomic E-state index is 0.222. The van der Waals surface area contributed by atoms with Gasteiger partial charge in [0.1, 0.15) is 0 Å². The maximum atomic E-state index is 6.40. The molecule has 0 unspecified atom stereocenters. The summed E-state index contributed by atoms with van der Waals surface area (Å²) >= 11 is 0. The number of morpholine rings is 1. The Morgan fingerprint density at radius 1 is 1.11 bits per heavy atom. The van der Waals surface area contributed by atoms with E-state index in [2.05, 4.69) is 45.9 Å². The van der Waals surface area contributed by atoms with E-state index in [-0.39, 0.29) is 5.92 Å². The van der Waals surface area contributed by atoms with Crippen molar-refractivity contribution in [1.82, 2.24) is 34.3 Å². The molecule has 3 aromatic heterocycles. The van der Waals surface area contributed by atoms with E-state index in [1.54, 1.807) is 10.7 Å². The predicted octanol–water partition coefficient (Wildman–Crippen LogP) is 2.37. The van der Waals surface area contributed by atoms with Gasteiger partial charge in [-0.1, -0.05) is 32.0 Å². The lowest BCUT2D eigenvalue weighted by molar-refractivity contribution is 0.0392. The number of fused-ring (bicyclic) bond motifs is 1. The van der Waals surface area contributed by atoms with E-state index >= 15 is 0 Å². The zero-order valence-electron chi connectivity index (χ0n) is 20.6. The molecule has 35 heavy (non-hydrogen) atoms. The van der Waals surface area contributed by atoms with Crippen LogP contribution in [0.4, 0.5) is 11.9 Å². The number of anilines is 2. The number of benzene rings is 1. The largest absolute Gasteiger partial charge is 0.379 e. The Kier molecular flexibility index (Phi) is 6.65. The van der Waals surface area contributed by atoms with Crippen molar-refractivity contribution >= 4 is 17.5 Å². The van der Waals surface area contributed by atoms with Crippen LogP contribution in [0.5, 0.6) is 0 Å². The van der Waals surface area contributed by atoms with Crippen molar-refractivity contribution in [2.24, 2.45) is 0 Å². The third-order valence-electron chi connectivity index (χ3n) is 6.49. The van der Waals surface area contributed by atoms with Crippen LogP contribution in [0.25, 0.3) is 11.3 Å². The predicted molar refractivity (Wildman–Crippen MR) is 136 cm³/mol. The van der Waals surface area contributed by atoms with E-state index in [1.165, 1.54) is 0 Å².